The first-order chi connectivity index (χ1) is 10.2. The van der Waals surface area contributed by atoms with Crippen molar-refractivity contribution in [2.75, 3.05) is 6.61 Å². The molecule has 0 saturated heterocycles. The van der Waals surface area contributed by atoms with Crippen molar-refractivity contribution in [1.82, 2.24) is 9.78 Å². The normalized spacial score (nSPS) is 10.9. The van der Waals surface area contributed by atoms with Crippen molar-refractivity contribution >= 4 is 0 Å². The van der Waals surface area contributed by atoms with Gasteiger partial charge in [0, 0.05) is 24.3 Å². The van der Waals surface area contributed by atoms with Crippen LogP contribution in [0.5, 0.6) is 11.5 Å². The molecule has 1 heterocycles. The van der Waals surface area contributed by atoms with Gasteiger partial charge in [0.2, 0.25) is 0 Å². The topological polar surface area (TPSA) is 62.3 Å². The molecule has 0 amide bonds. The molecule has 5 nitrogen and oxygen atoms in total. The van der Waals surface area contributed by atoms with Crippen molar-refractivity contribution in [3.8, 4) is 11.5 Å². The van der Waals surface area contributed by atoms with Crippen LogP contribution in [-0.4, -0.2) is 16.4 Å². The number of nitrogens with zero attached hydrogens (tertiary/aromatic N) is 2. The quantitative estimate of drug-likeness (QED) is 0.851. The Morgan fingerprint density at radius 1 is 1.24 bits per heavy atom. The molecule has 2 aromatic rings. The summed E-state index contributed by atoms with van der Waals surface area (Å²) in [6, 6.07) is 8.07. The Morgan fingerprint density at radius 2 is 2.05 bits per heavy atom. The molecule has 0 aliphatic heterocycles. The van der Waals surface area contributed by atoms with Crippen molar-refractivity contribution in [3.05, 3.63) is 41.7 Å². The highest BCUT2D eigenvalue weighted by atomic mass is 16.5. The predicted molar refractivity (Wildman–Crippen MR) is 82.4 cm³/mol. The van der Waals surface area contributed by atoms with Crippen LogP contribution in [0.25, 0.3) is 0 Å². The van der Waals surface area contributed by atoms with Gasteiger partial charge < -0.3 is 15.2 Å². The maximum atomic E-state index is 5.91. The molecular formula is C16H23N3O2. The lowest BCUT2D eigenvalue weighted by atomic mass is 10.2. The van der Waals surface area contributed by atoms with Crippen LogP contribution >= 0.6 is 0 Å². The fourth-order valence-corrected chi connectivity index (χ4v) is 2.04. The molecule has 0 bridgehead atoms. The minimum Gasteiger partial charge on any atom is -0.490 e. The van der Waals surface area contributed by atoms with Crippen LogP contribution in [0.3, 0.4) is 0 Å². The first-order valence-electron chi connectivity index (χ1n) is 7.27. The summed E-state index contributed by atoms with van der Waals surface area (Å²) < 4.78 is 13.4. The predicted octanol–water partition coefficient (Wildman–Crippen LogP) is 2.90. The van der Waals surface area contributed by atoms with Gasteiger partial charge in [-0.2, -0.15) is 5.10 Å². The Labute approximate surface area is 125 Å². The van der Waals surface area contributed by atoms with Crippen LogP contribution < -0.4 is 15.2 Å². The average Bonchev–Trinajstić information content (AvgIpc) is 2.95. The summed E-state index contributed by atoms with van der Waals surface area (Å²) in [4.78, 5) is 0. The Bertz CT molecular complexity index is 579. The van der Waals surface area contributed by atoms with Crippen LogP contribution in [0, 0.1) is 0 Å². The zero-order chi connectivity index (χ0) is 15.2. The van der Waals surface area contributed by atoms with Gasteiger partial charge in [-0.1, -0.05) is 12.1 Å². The van der Waals surface area contributed by atoms with Crippen LogP contribution in [0.1, 0.15) is 38.1 Å². The molecule has 0 atom stereocenters. The molecule has 0 aliphatic rings. The van der Waals surface area contributed by atoms with Crippen LogP contribution in [0.15, 0.2) is 30.5 Å². The minimum absolute atomic E-state index is 0.342. The van der Waals surface area contributed by atoms with E-state index in [2.05, 4.69) is 18.9 Å². The van der Waals surface area contributed by atoms with Crippen molar-refractivity contribution in [2.45, 2.75) is 40.0 Å². The van der Waals surface area contributed by atoms with Gasteiger partial charge in [-0.3, -0.25) is 4.68 Å². The summed E-state index contributed by atoms with van der Waals surface area (Å²) in [5.74, 6) is 1.43. The van der Waals surface area contributed by atoms with Gasteiger partial charge in [0.05, 0.1) is 12.3 Å². The number of hydrogen-bond donors (Lipinski definition) is 1. The third-order valence-electron chi connectivity index (χ3n) is 3.14. The fraction of sp³-hybridized carbons (Fsp3) is 0.438. The molecule has 0 fully saturated rings. The third-order valence-corrected chi connectivity index (χ3v) is 3.14. The molecule has 114 valence electrons. The fourth-order valence-electron chi connectivity index (χ4n) is 2.04. The molecular weight excluding hydrogens is 266 g/mol. The second-order valence-electron chi connectivity index (χ2n) is 5.05. The molecule has 0 aliphatic carbocycles. The van der Waals surface area contributed by atoms with E-state index in [0.717, 1.165) is 17.0 Å². The number of hydrogen-bond acceptors (Lipinski definition) is 4. The summed E-state index contributed by atoms with van der Waals surface area (Å²) >= 11 is 0. The Balaban J connectivity index is 2.14. The molecule has 0 saturated carbocycles. The Morgan fingerprint density at radius 3 is 2.67 bits per heavy atom. The summed E-state index contributed by atoms with van der Waals surface area (Å²) in [5, 5.41) is 4.48. The number of aromatic nitrogens is 2. The van der Waals surface area contributed by atoms with Crippen LogP contribution in [-0.2, 0) is 13.2 Å². The van der Waals surface area contributed by atoms with Crippen molar-refractivity contribution < 1.29 is 9.47 Å². The van der Waals surface area contributed by atoms with Crippen molar-refractivity contribution in [1.29, 1.82) is 0 Å². The number of nitrogens with two attached hydrogens (primary N) is 1. The highest BCUT2D eigenvalue weighted by Gasteiger charge is 2.11. The highest BCUT2D eigenvalue weighted by Crippen LogP contribution is 2.31. The van der Waals surface area contributed by atoms with Gasteiger partial charge in [-0.05, 0) is 32.9 Å². The van der Waals surface area contributed by atoms with E-state index in [4.69, 9.17) is 15.2 Å². The Hall–Kier alpha value is -2.01. The van der Waals surface area contributed by atoms with Crippen molar-refractivity contribution in [2.24, 2.45) is 5.73 Å². The molecule has 5 heteroatoms. The van der Waals surface area contributed by atoms with Crippen molar-refractivity contribution in [3.63, 3.8) is 0 Å². The first kappa shape index (κ1) is 15.4. The smallest absolute Gasteiger partial charge is 0.166 e. The standard InChI is InChI=1S/C16H23N3O2/c1-4-20-15-7-5-6-13(10-17)16(15)21-11-14-8-9-19(18-14)12(2)3/h5-9,12H,4,10-11,17H2,1-3H3. The van der Waals surface area contributed by atoms with E-state index >= 15 is 0 Å². The maximum Gasteiger partial charge on any atom is 0.166 e. The SMILES string of the molecule is CCOc1cccc(CN)c1OCc1ccn(C(C)C)n1. The molecule has 1 aromatic carbocycles. The van der Waals surface area contributed by atoms with E-state index in [-0.39, 0.29) is 0 Å². The van der Waals surface area contributed by atoms with Gasteiger partial charge in [0.15, 0.2) is 11.5 Å². The summed E-state index contributed by atoms with van der Waals surface area (Å²) in [5.41, 5.74) is 7.59. The number of para-hydroxylation sites is 1. The van der Waals surface area contributed by atoms with E-state index in [1.165, 1.54) is 0 Å². The lowest BCUT2D eigenvalue weighted by Crippen LogP contribution is -2.07. The van der Waals surface area contributed by atoms with Gasteiger partial charge in [0.25, 0.3) is 0 Å². The molecule has 0 radical (unpaired) electrons. The molecule has 21 heavy (non-hydrogen) atoms. The molecule has 2 N–H and O–H groups in total. The average molecular weight is 289 g/mol. The van der Waals surface area contributed by atoms with Crippen LogP contribution in [0.2, 0.25) is 0 Å². The Kier molecular flexibility index (Phi) is 5.22. The van der Waals surface area contributed by atoms with Gasteiger partial charge in [-0.25, -0.2) is 0 Å². The van der Waals surface area contributed by atoms with E-state index in [0.29, 0.717) is 31.5 Å². The number of rotatable bonds is 7. The second kappa shape index (κ2) is 7.13. The minimum atomic E-state index is 0.342. The monoisotopic (exact) mass is 289 g/mol. The molecule has 0 spiro atoms. The van der Waals surface area contributed by atoms with E-state index in [1.807, 2.05) is 42.1 Å². The zero-order valence-corrected chi connectivity index (χ0v) is 12.9. The first-order valence-corrected chi connectivity index (χ1v) is 7.27. The summed E-state index contributed by atoms with van der Waals surface area (Å²) in [6.45, 7) is 7.53. The lowest BCUT2D eigenvalue weighted by Gasteiger charge is -2.14. The van der Waals surface area contributed by atoms with Gasteiger partial charge >= 0.3 is 0 Å². The maximum absolute atomic E-state index is 5.91. The van der Waals surface area contributed by atoms with Gasteiger partial charge in [-0.15, -0.1) is 0 Å². The number of ether oxygens (including phenoxy) is 2. The second-order valence-corrected chi connectivity index (χ2v) is 5.05. The molecule has 1 aromatic heterocycles. The highest BCUT2D eigenvalue weighted by molar-refractivity contribution is 5.46. The van der Waals surface area contributed by atoms with E-state index < -0.39 is 0 Å². The lowest BCUT2D eigenvalue weighted by molar-refractivity contribution is 0.262. The summed E-state index contributed by atoms with van der Waals surface area (Å²) in [6.07, 6.45) is 1.96. The largest absolute Gasteiger partial charge is 0.490 e. The zero-order valence-electron chi connectivity index (χ0n) is 12.9. The summed E-state index contributed by atoms with van der Waals surface area (Å²) in [7, 11) is 0. The van der Waals surface area contributed by atoms with E-state index in [9.17, 15) is 0 Å². The number of benzene rings is 1. The van der Waals surface area contributed by atoms with Crippen LogP contribution in [0.4, 0.5) is 0 Å². The third kappa shape index (κ3) is 3.76. The molecule has 0 unspecified atom stereocenters. The molecule has 2 rings (SSSR count). The van der Waals surface area contributed by atoms with Gasteiger partial charge in [0.1, 0.15) is 6.61 Å². The van der Waals surface area contributed by atoms with E-state index in [1.54, 1.807) is 0 Å².